The first-order chi connectivity index (χ1) is 14.1. The molecule has 0 saturated heterocycles. The van der Waals surface area contributed by atoms with Crippen LogP contribution < -0.4 is 10.2 Å². The van der Waals surface area contributed by atoms with E-state index in [1.54, 1.807) is 6.33 Å². The number of hydrogen-bond donors (Lipinski definition) is 2. The standard InChI is InChI=1S/C24H27N5/c1-18-9-7-12-20(15-18)29-16-21(19-10-5-4-6-11-19)22-23(26-17-27-24(22)29)25-13-8-14-28(2)3/h4-7,9-12,15-17H,8,13-14H2,1-3H3,(H,25,26,27)/p+1. The zero-order valence-electron chi connectivity index (χ0n) is 17.3. The highest BCUT2D eigenvalue weighted by atomic mass is 15.1. The molecule has 5 nitrogen and oxygen atoms in total. The monoisotopic (exact) mass is 386 g/mol. The molecule has 29 heavy (non-hydrogen) atoms. The second-order valence-corrected chi connectivity index (χ2v) is 7.78. The second kappa shape index (κ2) is 8.45. The van der Waals surface area contributed by atoms with Crippen LogP contribution in [0.5, 0.6) is 0 Å². The molecule has 0 atom stereocenters. The lowest BCUT2D eigenvalue weighted by molar-refractivity contribution is -0.858. The first kappa shape index (κ1) is 19.2. The van der Waals surface area contributed by atoms with E-state index in [2.05, 4.69) is 95.6 Å². The zero-order chi connectivity index (χ0) is 20.2. The van der Waals surface area contributed by atoms with E-state index in [4.69, 9.17) is 0 Å². The van der Waals surface area contributed by atoms with Gasteiger partial charge in [0.2, 0.25) is 0 Å². The number of hydrogen-bond acceptors (Lipinski definition) is 3. The molecule has 2 aromatic carbocycles. The summed E-state index contributed by atoms with van der Waals surface area (Å²) in [4.78, 5) is 10.7. The van der Waals surface area contributed by atoms with Crippen molar-refractivity contribution in [3.8, 4) is 16.8 Å². The Morgan fingerprint density at radius 3 is 2.59 bits per heavy atom. The fraction of sp³-hybridized carbons (Fsp3) is 0.250. The van der Waals surface area contributed by atoms with E-state index in [0.29, 0.717) is 0 Å². The lowest BCUT2D eigenvalue weighted by Gasteiger charge is -2.10. The van der Waals surface area contributed by atoms with Gasteiger partial charge >= 0.3 is 0 Å². The van der Waals surface area contributed by atoms with Gasteiger partial charge in [0.25, 0.3) is 0 Å². The van der Waals surface area contributed by atoms with Crippen molar-refractivity contribution in [1.29, 1.82) is 0 Å². The highest BCUT2D eigenvalue weighted by Gasteiger charge is 2.17. The van der Waals surface area contributed by atoms with Gasteiger partial charge in [0.15, 0.2) is 5.65 Å². The van der Waals surface area contributed by atoms with Gasteiger partial charge in [0.1, 0.15) is 12.1 Å². The van der Waals surface area contributed by atoms with Gasteiger partial charge in [0, 0.05) is 30.4 Å². The number of fused-ring (bicyclic) bond motifs is 1. The molecule has 4 rings (SSSR count). The summed E-state index contributed by atoms with van der Waals surface area (Å²) in [5, 5.41) is 4.62. The number of nitrogens with one attached hydrogen (secondary N) is 2. The third-order valence-corrected chi connectivity index (χ3v) is 5.09. The molecule has 0 spiro atoms. The van der Waals surface area contributed by atoms with E-state index in [0.717, 1.165) is 47.6 Å². The Bertz CT molecular complexity index is 1100. The first-order valence-corrected chi connectivity index (χ1v) is 10.1. The zero-order valence-corrected chi connectivity index (χ0v) is 17.3. The van der Waals surface area contributed by atoms with Crippen molar-refractivity contribution in [2.24, 2.45) is 0 Å². The smallest absolute Gasteiger partial charge is 0.150 e. The molecule has 0 amide bonds. The average Bonchev–Trinajstić information content (AvgIpc) is 3.12. The van der Waals surface area contributed by atoms with Crippen LogP contribution in [0.25, 0.3) is 27.8 Å². The van der Waals surface area contributed by atoms with Crippen molar-refractivity contribution in [3.05, 3.63) is 72.7 Å². The number of benzene rings is 2. The summed E-state index contributed by atoms with van der Waals surface area (Å²) in [6, 6.07) is 19.0. The van der Waals surface area contributed by atoms with Crippen LogP contribution in [0, 0.1) is 6.92 Å². The Morgan fingerprint density at radius 1 is 1.00 bits per heavy atom. The molecule has 148 valence electrons. The number of quaternary nitrogens is 1. The van der Waals surface area contributed by atoms with E-state index in [1.165, 1.54) is 16.0 Å². The molecule has 0 aliphatic carbocycles. The fourth-order valence-corrected chi connectivity index (χ4v) is 3.66. The summed E-state index contributed by atoms with van der Waals surface area (Å²) in [5.74, 6) is 0.897. The molecule has 2 N–H and O–H groups in total. The molecule has 4 aromatic rings. The van der Waals surface area contributed by atoms with Crippen molar-refractivity contribution in [3.63, 3.8) is 0 Å². The summed E-state index contributed by atoms with van der Waals surface area (Å²) in [5.41, 5.74) is 5.57. The predicted molar refractivity (Wildman–Crippen MR) is 120 cm³/mol. The van der Waals surface area contributed by atoms with Crippen molar-refractivity contribution in [1.82, 2.24) is 14.5 Å². The van der Waals surface area contributed by atoms with E-state index in [1.807, 2.05) is 6.07 Å². The van der Waals surface area contributed by atoms with E-state index in [-0.39, 0.29) is 0 Å². The molecule has 0 aliphatic heterocycles. The lowest BCUT2D eigenvalue weighted by atomic mass is 10.1. The molecule has 0 radical (unpaired) electrons. The summed E-state index contributed by atoms with van der Waals surface area (Å²) >= 11 is 0. The molecule has 0 fully saturated rings. The van der Waals surface area contributed by atoms with E-state index >= 15 is 0 Å². The van der Waals surface area contributed by atoms with Crippen LogP contribution in [-0.4, -0.2) is 41.7 Å². The first-order valence-electron chi connectivity index (χ1n) is 10.1. The Morgan fingerprint density at radius 2 is 1.83 bits per heavy atom. The number of rotatable bonds is 7. The van der Waals surface area contributed by atoms with Crippen LogP contribution in [0.2, 0.25) is 0 Å². The minimum atomic E-state index is 0.890. The quantitative estimate of drug-likeness (QED) is 0.479. The van der Waals surface area contributed by atoms with Gasteiger partial charge < -0.3 is 14.8 Å². The van der Waals surface area contributed by atoms with Gasteiger partial charge in [-0.1, -0.05) is 42.5 Å². The van der Waals surface area contributed by atoms with E-state index in [9.17, 15) is 0 Å². The van der Waals surface area contributed by atoms with Gasteiger partial charge in [-0.2, -0.15) is 0 Å². The van der Waals surface area contributed by atoms with Crippen molar-refractivity contribution in [2.75, 3.05) is 32.5 Å². The predicted octanol–water partition coefficient (Wildman–Crippen LogP) is 3.34. The normalized spacial score (nSPS) is 11.3. The van der Waals surface area contributed by atoms with Crippen LogP contribution in [0.15, 0.2) is 67.1 Å². The number of anilines is 1. The highest BCUT2D eigenvalue weighted by molar-refractivity contribution is 6.02. The average molecular weight is 387 g/mol. The van der Waals surface area contributed by atoms with Gasteiger partial charge in [-0.3, -0.25) is 0 Å². The molecular formula is C24H28N5+. The van der Waals surface area contributed by atoms with E-state index < -0.39 is 0 Å². The molecular weight excluding hydrogens is 358 g/mol. The third-order valence-electron chi connectivity index (χ3n) is 5.09. The van der Waals surface area contributed by atoms with Crippen LogP contribution in [-0.2, 0) is 0 Å². The van der Waals surface area contributed by atoms with Crippen LogP contribution in [0.3, 0.4) is 0 Å². The van der Waals surface area contributed by atoms with Gasteiger partial charge in [0.05, 0.1) is 26.0 Å². The minimum Gasteiger partial charge on any atom is -0.369 e. The Kier molecular flexibility index (Phi) is 5.58. The second-order valence-electron chi connectivity index (χ2n) is 7.78. The third kappa shape index (κ3) is 4.15. The molecule has 2 heterocycles. The minimum absolute atomic E-state index is 0.890. The number of aryl methyl sites for hydroxylation is 1. The summed E-state index contributed by atoms with van der Waals surface area (Å²) < 4.78 is 2.17. The topological polar surface area (TPSA) is 47.2 Å². The molecule has 0 bridgehead atoms. The number of aromatic nitrogens is 3. The SMILES string of the molecule is Cc1cccc(-n2cc(-c3ccccc3)c3c(NCCC[NH+](C)C)ncnc32)c1. The summed E-state index contributed by atoms with van der Waals surface area (Å²) in [6.07, 6.45) is 4.93. The van der Waals surface area contributed by atoms with Crippen LogP contribution in [0.1, 0.15) is 12.0 Å². The Hall–Kier alpha value is -3.18. The highest BCUT2D eigenvalue weighted by Crippen LogP contribution is 2.35. The van der Waals surface area contributed by atoms with Crippen molar-refractivity contribution < 1.29 is 4.90 Å². The molecule has 5 heteroatoms. The fourth-order valence-electron chi connectivity index (χ4n) is 3.66. The van der Waals surface area contributed by atoms with Crippen molar-refractivity contribution >= 4 is 16.9 Å². The van der Waals surface area contributed by atoms with Crippen LogP contribution >= 0.6 is 0 Å². The van der Waals surface area contributed by atoms with Gasteiger partial charge in [-0.25, -0.2) is 9.97 Å². The number of nitrogens with zero attached hydrogens (tertiary/aromatic N) is 3. The maximum atomic E-state index is 4.66. The van der Waals surface area contributed by atoms with Crippen molar-refractivity contribution in [2.45, 2.75) is 13.3 Å². The molecule has 2 aromatic heterocycles. The summed E-state index contributed by atoms with van der Waals surface area (Å²) in [6.45, 7) is 4.13. The van der Waals surface area contributed by atoms with Crippen LogP contribution in [0.4, 0.5) is 5.82 Å². The summed E-state index contributed by atoms with van der Waals surface area (Å²) in [7, 11) is 4.36. The largest absolute Gasteiger partial charge is 0.369 e. The molecule has 0 saturated carbocycles. The van der Waals surface area contributed by atoms with Gasteiger partial charge in [-0.05, 0) is 30.2 Å². The molecule has 0 aliphatic rings. The maximum Gasteiger partial charge on any atom is 0.150 e. The molecule has 0 unspecified atom stereocenters. The lowest BCUT2D eigenvalue weighted by Crippen LogP contribution is -3.05. The Labute approximate surface area is 172 Å². The Balaban J connectivity index is 1.83. The maximum absolute atomic E-state index is 4.66. The van der Waals surface area contributed by atoms with Gasteiger partial charge in [-0.15, -0.1) is 0 Å².